The predicted octanol–water partition coefficient (Wildman–Crippen LogP) is 2.92. The first kappa shape index (κ1) is 19.1. The second-order valence-electron chi connectivity index (χ2n) is 7.08. The summed E-state index contributed by atoms with van der Waals surface area (Å²) in [5.41, 5.74) is 2.05. The number of carbonyl (C=O) groups is 2. The molecule has 1 unspecified atom stereocenters. The maximum absolute atomic E-state index is 12.7. The number of thioether (sulfide) groups is 1. The van der Waals surface area contributed by atoms with E-state index < -0.39 is 0 Å². The van der Waals surface area contributed by atoms with Crippen LogP contribution in [0.5, 0.6) is 0 Å². The van der Waals surface area contributed by atoms with Gasteiger partial charge >= 0.3 is 0 Å². The number of benzene rings is 1. The molecule has 0 spiro atoms. The van der Waals surface area contributed by atoms with E-state index in [4.69, 9.17) is 23.2 Å². The quantitative estimate of drug-likeness (QED) is 0.744. The number of hydrogen-bond acceptors (Lipinski definition) is 5. The minimum Gasteiger partial charge on any atom is -0.368 e. The Labute approximate surface area is 173 Å². The van der Waals surface area contributed by atoms with Crippen LogP contribution in [0.4, 0.5) is 5.69 Å². The Morgan fingerprint density at radius 3 is 2.70 bits per heavy atom. The van der Waals surface area contributed by atoms with Crippen molar-refractivity contribution in [1.29, 1.82) is 0 Å². The van der Waals surface area contributed by atoms with Gasteiger partial charge in [-0.2, -0.15) is 0 Å². The Kier molecular flexibility index (Phi) is 5.69. The van der Waals surface area contributed by atoms with Gasteiger partial charge in [0.05, 0.1) is 22.3 Å². The van der Waals surface area contributed by atoms with Crippen LogP contribution in [0, 0.1) is 0 Å². The lowest BCUT2D eigenvalue weighted by Gasteiger charge is -2.38. The van der Waals surface area contributed by atoms with Gasteiger partial charge in [-0.05, 0) is 30.2 Å². The van der Waals surface area contributed by atoms with Crippen molar-refractivity contribution < 1.29 is 9.59 Å². The van der Waals surface area contributed by atoms with Crippen molar-refractivity contribution >= 4 is 51.7 Å². The number of rotatable bonds is 3. The Bertz CT molecular complexity index is 793. The van der Waals surface area contributed by atoms with Crippen LogP contribution in [0.1, 0.15) is 6.42 Å². The number of hydrogen-bond donors (Lipinski definition) is 0. The van der Waals surface area contributed by atoms with E-state index in [1.165, 1.54) is 11.8 Å². The van der Waals surface area contributed by atoms with Crippen LogP contribution in [0.25, 0.3) is 0 Å². The van der Waals surface area contributed by atoms with Crippen LogP contribution < -0.4 is 4.90 Å². The first-order valence-corrected chi connectivity index (χ1v) is 10.7. The Morgan fingerprint density at radius 2 is 1.93 bits per heavy atom. The highest BCUT2D eigenvalue weighted by molar-refractivity contribution is 8.15. The average molecular weight is 426 g/mol. The fourth-order valence-corrected chi connectivity index (χ4v) is 5.28. The van der Waals surface area contributed by atoms with Crippen molar-refractivity contribution in [1.82, 2.24) is 9.80 Å². The first-order chi connectivity index (χ1) is 13.0. The van der Waals surface area contributed by atoms with Crippen LogP contribution in [0.2, 0.25) is 10.0 Å². The van der Waals surface area contributed by atoms with E-state index in [0.717, 1.165) is 50.4 Å². The zero-order valence-corrected chi connectivity index (χ0v) is 17.2. The smallest absolute Gasteiger partial charge is 0.237 e. The molecule has 1 amide bonds. The molecule has 1 aromatic rings. The normalized spacial score (nSPS) is 23.4. The molecule has 27 heavy (non-hydrogen) atoms. The predicted molar refractivity (Wildman–Crippen MR) is 111 cm³/mol. The van der Waals surface area contributed by atoms with Gasteiger partial charge in [-0.15, -0.1) is 0 Å². The van der Waals surface area contributed by atoms with Crippen molar-refractivity contribution in [2.75, 3.05) is 50.7 Å². The van der Waals surface area contributed by atoms with Crippen molar-refractivity contribution in [2.24, 2.45) is 0 Å². The topological polar surface area (TPSA) is 43.9 Å². The summed E-state index contributed by atoms with van der Waals surface area (Å²) >= 11 is 13.8. The number of halogens is 2. The van der Waals surface area contributed by atoms with Crippen molar-refractivity contribution in [3.63, 3.8) is 0 Å². The first-order valence-electron chi connectivity index (χ1n) is 9.11. The molecule has 0 aliphatic carbocycles. The van der Waals surface area contributed by atoms with Crippen LogP contribution in [0.3, 0.4) is 0 Å². The van der Waals surface area contributed by atoms with E-state index in [0.29, 0.717) is 23.1 Å². The lowest BCUT2D eigenvalue weighted by molar-refractivity contribution is -0.132. The van der Waals surface area contributed by atoms with E-state index in [9.17, 15) is 9.59 Å². The number of nitrogens with zero attached hydrogens (tertiary/aromatic N) is 3. The summed E-state index contributed by atoms with van der Waals surface area (Å²) in [5, 5.41) is 1.56. The average Bonchev–Trinajstić information content (AvgIpc) is 3.04. The van der Waals surface area contributed by atoms with Gasteiger partial charge in [-0.1, -0.05) is 41.0 Å². The Morgan fingerprint density at radius 1 is 1.15 bits per heavy atom. The number of fused-ring (bicyclic) bond motifs is 1. The summed E-state index contributed by atoms with van der Waals surface area (Å²) in [6, 6.07) is 5.68. The number of piperazine rings is 1. The van der Waals surface area contributed by atoms with Gasteiger partial charge in [0.15, 0.2) is 0 Å². The van der Waals surface area contributed by atoms with Crippen molar-refractivity contribution in [2.45, 2.75) is 11.7 Å². The van der Waals surface area contributed by atoms with E-state index in [1.54, 1.807) is 12.1 Å². The minimum atomic E-state index is 0.125. The van der Waals surface area contributed by atoms with Gasteiger partial charge < -0.3 is 9.80 Å². The van der Waals surface area contributed by atoms with Gasteiger partial charge in [0.1, 0.15) is 0 Å². The van der Waals surface area contributed by atoms with Gasteiger partial charge in [0, 0.05) is 44.5 Å². The lowest BCUT2D eigenvalue weighted by atomic mass is 10.0. The molecule has 2 fully saturated rings. The summed E-state index contributed by atoms with van der Waals surface area (Å²) in [4.78, 5) is 30.5. The molecule has 3 aliphatic heterocycles. The third kappa shape index (κ3) is 4.14. The van der Waals surface area contributed by atoms with Crippen molar-refractivity contribution in [3.8, 4) is 0 Å². The molecular weight excluding hydrogens is 405 g/mol. The molecule has 8 heteroatoms. The highest BCUT2D eigenvalue weighted by Crippen LogP contribution is 2.35. The van der Waals surface area contributed by atoms with Crippen LogP contribution >= 0.6 is 35.0 Å². The zero-order chi connectivity index (χ0) is 19.0. The Balaban J connectivity index is 1.30. The largest absolute Gasteiger partial charge is 0.368 e. The zero-order valence-electron chi connectivity index (χ0n) is 14.9. The second kappa shape index (κ2) is 8.03. The van der Waals surface area contributed by atoms with Gasteiger partial charge in [0.2, 0.25) is 11.0 Å². The third-order valence-corrected chi connectivity index (χ3v) is 7.35. The maximum atomic E-state index is 12.7. The van der Waals surface area contributed by atoms with E-state index in [2.05, 4.69) is 9.80 Å². The number of carbonyl (C=O) groups excluding carboxylic acids is 2. The number of amides is 1. The summed E-state index contributed by atoms with van der Waals surface area (Å²) < 4.78 is 0. The molecule has 5 nitrogen and oxygen atoms in total. The Hall–Kier alpha value is -1.21. The van der Waals surface area contributed by atoms with Crippen LogP contribution in [-0.4, -0.2) is 71.9 Å². The molecular formula is C19H21Cl2N3O2S. The molecule has 3 heterocycles. The molecule has 0 saturated carbocycles. The van der Waals surface area contributed by atoms with E-state index in [-0.39, 0.29) is 16.3 Å². The fourth-order valence-electron chi connectivity index (χ4n) is 3.85. The molecule has 0 bridgehead atoms. The number of anilines is 1. The number of likely N-dealkylation sites (tertiary alicyclic amines) is 1. The van der Waals surface area contributed by atoms with Gasteiger partial charge in [0.25, 0.3) is 0 Å². The number of piperidine rings is 1. The van der Waals surface area contributed by atoms with Gasteiger partial charge in [-0.3, -0.25) is 14.5 Å². The standard InChI is InChI=1S/C19H21Cl2N3O2S/c20-14-2-1-3-15(19(14)21)23-8-6-22(7-9-23)12-17(25)24-5-4-16-13(11-24)10-18(26)27-16/h1-3,10,16H,4-9,11-12H2. The fraction of sp³-hybridized carbons (Fsp3) is 0.474. The van der Waals surface area contributed by atoms with E-state index >= 15 is 0 Å². The molecule has 0 N–H and O–H groups in total. The summed E-state index contributed by atoms with van der Waals surface area (Å²) in [6.07, 6.45) is 2.58. The molecule has 0 radical (unpaired) electrons. The molecule has 3 aliphatic rings. The monoisotopic (exact) mass is 425 g/mol. The molecule has 2 saturated heterocycles. The van der Waals surface area contributed by atoms with Crippen LogP contribution in [0.15, 0.2) is 29.8 Å². The molecule has 0 aromatic heterocycles. The molecule has 1 aromatic carbocycles. The maximum Gasteiger partial charge on any atom is 0.237 e. The van der Waals surface area contributed by atoms with Crippen molar-refractivity contribution in [3.05, 3.63) is 39.9 Å². The highest BCUT2D eigenvalue weighted by atomic mass is 35.5. The molecule has 144 valence electrons. The third-order valence-electron chi connectivity index (χ3n) is 5.37. The van der Waals surface area contributed by atoms with Crippen LogP contribution in [-0.2, 0) is 9.59 Å². The summed E-state index contributed by atoms with van der Waals surface area (Å²) in [5.74, 6) is 0.146. The molecule has 4 rings (SSSR count). The highest BCUT2D eigenvalue weighted by Gasteiger charge is 2.33. The van der Waals surface area contributed by atoms with E-state index in [1.807, 2.05) is 17.0 Å². The molecule has 1 atom stereocenters. The summed E-state index contributed by atoms with van der Waals surface area (Å²) in [7, 11) is 0. The summed E-state index contributed by atoms with van der Waals surface area (Å²) in [6.45, 7) is 5.00. The second-order valence-corrected chi connectivity index (χ2v) is 9.08. The minimum absolute atomic E-state index is 0.125. The SMILES string of the molecule is O=C1C=C2CN(C(=O)CN3CCN(c4cccc(Cl)c4Cl)CC3)CCC2S1. The lowest BCUT2D eigenvalue weighted by Crippen LogP contribution is -2.51. The van der Waals surface area contributed by atoms with Gasteiger partial charge in [-0.25, -0.2) is 0 Å².